The highest BCUT2D eigenvalue weighted by Gasteiger charge is 2.64. The molecule has 0 aromatic carbocycles. The Hall–Kier alpha value is -1.89. The molecule has 0 aromatic rings. The summed E-state index contributed by atoms with van der Waals surface area (Å²) in [5.74, 6) is -4.56. The molecular weight excluding hydrogens is 1380 g/mol. The number of hydrogen-bond donors (Lipinski definition) is 0. The molecule has 0 aromatic heterocycles. The van der Waals surface area contributed by atoms with Crippen LogP contribution in [0.4, 0.5) is 119 Å². The van der Waals surface area contributed by atoms with Crippen molar-refractivity contribution in [1.82, 2.24) is 0 Å². The van der Waals surface area contributed by atoms with Crippen molar-refractivity contribution in [3.63, 3.8) is 0 Å². The number of unbranched alkanes of at least 4 members (excludes halogenated alkanes) is 5. The third kappa shape index (κ3) is 159. The lowest BCUT2D eigenvalue weighted by Gasteiger charge is -2.29. The second-order valence-corrected chi connectivity index (χ2v) is 25.9. The highest BCUT2D eigenvalue weighted by atomic mass is 19.4. The third-order valence-electron chi connectivity index (χ3n) is 10.7. The molecule has 0 saturated heterocycles. The van der Waals surface area contributed by atoms with Crippen molar-refractivity contribution in [3.8, 4) is 0 Å². The Kier molecular flexibility index (Phi) is 96.6. The molecule has 0 aliphatic heterocycles. The first-order chi connectivity index (χ1) is 44.7. The van der Waals surface area contributed by atoms with Gasteiger partial charge in [-0.1, -0.05) is 312 Å². The van der Waals surface area contributed by atoms with E-state index in [1.54, 1.807) is 27.7 Å². The van der Waals surface area contributed by atoms with Gasteiger partial charge in [0.25, 0.3) is 0 Å². The van der Waals surface area contributed by atoms with Crippen molar-refractivity contribution in [2.24, 2.45) is 58.1 Å². The summed E-state index contributed by atoms with van der Waals surface area (Å²) in [6, 6.07) is 0. The van der Waals surface area contributed by atoms with Crippen molar-refractivity contribution in [3.05, 3.63) is 0 Å². The summed E-state index contributed by atoms with van der Waals surface area (Å²) in [5.41, 5.74) is -5.19. The van der Waals surface area contributed by atoms with Crippen molar-refractivity contribution in [2.45, 2.75) is 413 Å². The lowest BCUT2D eigenvalue weighted by molar-refractivity contribution is -0.327. The monoisotopic (exact) mass is 1530 g/mol. The normalized spacial score (nSPS) is 13.3. The van der Waals surface area contributed by atoms with Gasteiger partial charge < -0.3 is 0 Å². The molecule has 626 valence electrons. The van der Waals surface area contributed by atoms with Gasteiger partial charge in [-0.25, -0.2) is 0 Å². The number of alkyl halides is 27. The molecule has 0 nitrogen and oxygen atoms in total. The van der Waals surface area contributed by atoms with Crippen molar-refractivity contribution >= 4 is 0 Å². The molecule has 0 fully saturated rings. The first kappa shape index (κ1) is 124. The smallest absolute Gasteiger partial charge is 0.171 e. The van der Waals surface area contributed by atoms with E-state index in [9.17, 15) is 119 Å². The summed E-state index contributed by atoms with van der Waals surface area (Å²) in [5, 5.41) is 0. The van der Waals surface area contributed by atoms with Crippen LogP contribution >= 0.6 is 0 Å². The van der Waals surface area contributed by atoms with Gasteiger partial charge in [-0.15, -0.1) is 0 Å². The second kappa shape index (κ2) is 77.2. The zero-order chi connectivity index (χ0) is 88.5. The van der Waals surface area contributed by atoms with Crippen LogP contribution in [0.25, 0.3) is 0 Å². The molecule has 0 N–H and O–H groups in total. The molecular formula is C72H149F27. The fraction of sp³-hybridized carbons (Fsp3) is 1.00. The van der Waals surface area contributed by atoms with Gasteiger partial charge in [-0.2, -0.15) is 119 Å². The Morgan fingerprint density at radius 1 is 0.333 bits per heavy atom. The number of halogens is 27. The Balaban J connectivity index is -0.0000000567. The lowest BCUT2D eigenvalue weighted by Crippen LogP contribution is -2.44. The van der Waals surface area contributed by atoms with E-state index in [2.05, 4.69) is 83.1 Å². The van der Waals surface area contributed by atoms with Crippen LogP contribution in [0.2, 0.25) is 0 Å². The van der Waals surface area contributed by atoms with Crippen LogP contribution in [-0.4, -0.2) is 55.6 Å². The molecule has 0 spiro atoms. The van der Waals surface area contributed by atoms with Crippen LogP contribution in [-0.2, 0) is 0 Å². The average Bonchev–Trinajstić information content (AvgIpc) is 0.793. The summed E-state index contributed by atoms with van der Waals surface area (Å²) in [7, 11) is 0. The number of rotatable bonds is 13. The maximum absolute atomic E-state index is 11.6. The first-order valence-corrected chi connectivity index (χ1v) is 34.3. The Morgan fingerprint density at radius 2 is 0.576 bits per heavy atom. The van der Waals surface area contributed by atoms with Crippen LogP contribution in [0.1, 0.15) is 363 Å². The SMILES string of the molecule is CC.CC(C)(C(F)(F)F)C(F)(F)F.CC(C)(C)C(F)(F)F.CC(C)C.CC(C)C(F)(F)F.CCC.CCC(C)C.CCC(C)C(F)(F)F.CCCC.CCCCC.CCCCCC(F)(F)F.CCC[C@H](C)C(F)(F)F.CC[C@H](C)CC(F)(F)F.[2H]C(C)(C)C.[2H]C(C)(C)C(F)(F)F.[2H]C([2H])(C)CC. The maximum atomic E-state index is 11.6. The first-order valence-electron chi connectivity index (χ1n) is 36.3. The van der Waals surface area contributed by atoms with Gasteiger partial charge in [0, 0.05) is 30.1 Å². The quantitative estimate of drug-likeness (QED) is 0.127. The van der Waals surface area contributed by atoms with Gasteiger partial charge in [0.2, 0.25) is 0 Å². The molecule has 0 saturated carbocycles. The largest absolute Gasteiger partial charge is 0.402 e. The van der Waals surface area contributed by atoms with E-state index < -0.39 is 109 Å². The van der Waals surface area contributed by atoms with Gasteiger partial charge >= 0.3 is 55.6 Å². The molecule has 0 heterocycles. The van der Waals surface area contributed by atoms with E-state index in [1.807, 2.05) is 48.5 Å². The summed E-state index contributed by atoms with van der Waals surface area (Å²) >= 11 is 0. The molecule has 0 rings (SSSR count). The molecule has 99 heavy (non-hydrogen) atoms. The molecule has 27 heteroatoms. The van der Waals surface area contributed by atoms with Gasteiger partial charge in [0.05, 0.1) is 17.3 Å². The van der Waals surface area contributed by atoms with E-state index in [4.69, 9.17) is 5.48 Å². The molecule has 0 radical (unpaired) electrons. The van der Waals surface area contributed by atoms with Gasteiger partial charge in [-0.3, -0.25) is 0 Å². The fourth-order valence-electron chi connectivity index (χ4n) is 2.46. The van der Waals surface area contributed by atoms with Crippen molar-refractivity contribution < 1.29 is 124 Å². The predicted molar refractivity (Wildman–Crippen MR) is 369 cm³/mol. The molecule has 0 amide bonds. The minimum Gasteiger partial charge on any atom is -0.171 e. The van der Waals surface area contributed by atoms with Crippen LogP contribution in [0.15, 0.2) is 0 Å². The molecule has 3 atom stereocenters. The summed E-state index contributed by atoms with van der Waals surface area (Å²) in [6.45, 7) is 57.6. The fourth-order valence-corrected chi connectivity index (χ4v) is 2.46. The highest BCUT2D eigenvalue weighted by molar-refractivity contribution is 4.84. The minimum atomic E-state index is -5.24. The van der Waals surface area contributed by atoms with Crippen molar-refractivity contribution in [1.29, 1.82) is 0 Å². The minimum absolute atomic E-state index is 0.104. The Morgan fingerprint density at radius 3 is 0.626 bits per heavy atom. The van der Waals surface area contributed by atoms with Crippen LogP contribution < -0.4 is 0 Å². The Labute approximate surface area is 594 Å². The van der Waals surface area contributed by atoms with Gasteiger partial charge in [-0.05, 0) is 56.8 Å². The zero-order valence-electron chi connectivity index (χ0n) is 71.7. The van der Waals surface area contributed by atoms with Crippen LogP contribution in [0.3, 0.4) is 0 Å². The van der Waals surface area contributed by atoms with Gasteiger partial charge in [0.1, 0.15) is 0 Å². The topological polar surface area (TPSA) is 0 Å². The highest BCUT2D eigenvalue weighted by Crippen LogP contribution is 2.49. The standard InChI is InChI=1S/3C6H11F3.C5H6F6.2C5H9F3.2C5H12.2C4H7F3.4C4H10.C3H8.C2H6/c1-3-5(2)4-6(7,8)9;1-3-4-5(2)6(7,8)9;1-2-3-4-5-6(7,8)9;1-3(2,4(6,7)8)5(9,10)11;1-4(2,3)5(6,7)8;1-3-4(2)5(6,7)8;1-4-5(2)3;1-3-5-4-2;2*1-3(2)4(5,6)7;2*1-4(2)3;2*1-3-4-2;1-3-2;1-2/h2*5H,3-4H2,1-2H3;2-5H2,1H3;1-2H3;1-3H3;4H,3H2,1-2H3;5H,4H2,1-3H3;3-5H2,1-2H3;2*3H,1-2H3;2*4H,1-3H3;2*3-4H2,1-2H3;3H2,1-2H3;1-2H3/t2*5-;;;;;;;;;;;;;;/m00............../s1/i;;;;;;;;3D;;4D;;3D2;;;. The molecule has 1 unspecified atom stereocenters. The van der Waals surface area contributed by atoms with Crippen LogP contribution in [0.5, 0.6) is 0 Å². The van der Waals surface area contributed by atoms with E-state index in [1.165, 1.54) is 65.7 Å². The van der Waals surface area contributed by atoms with E-state index in [-0.39, 0.29) is 44.9 Å². The van der Waals surface area contributed by atoms with E-state index >= 15 is 0 Å². The van der Waals surface area contributed by atoms with E-state index in [0.29, 0.717) is 25.7 Å². The average molecular weight is 1530 g/mol. The molecule has 0 bridgehead atoms. The number of hydrogen-bond acceptors (Lipinski definition) is 0. The predicted octanol–water partition coefficient (Wildman–Crippen LogP) is 35.5. The summed E-state index contributed by atoms with van der Waals surface area (Å²) in [4.78, 5) is 0. The molecule has 0 aliphatic carbocycles. The van der Waals surface area contributed by atoms with Gasteiger partial charge in [0.15, 0.2) is 5.41 Å². The van der Waals surface area contributed by atoms with Crippen molar-refractivity contribution in [2.75, 3.05) is 0 Å². The second-order valence-electron chi connectivity index (χ2n) is 25.9. The zero-order valence-corrected chi connectivity index (χ0v) is 67.7. The van der Waals surface area contributed by atoms with Crippen LogP contribution in [0, 0.1) is 58.1 Å². The molecule has 0 aliphatic rings. The third-order valence-corrected chi connectivity index (χ3v) is 10.7. The summed E-state index contributed by atoms with van der Waals surface area (Å²) < 4.78 is 337. The Bertz CT molecular complexity index is 1540. The lowest BCUT2D eigenvalue weighted by atomic mass is 9.92. The maximum Gasteiger partial charge on any atom is 0.402 e. The van der Waals surface area contributed by atoms with E-state index in [0.717, 1.165) is 66.7 Å². The summed E-state index contributed by atoms with van der Waals surface area (Å²) in [6.07, 6.45) is -27.8.